The minimum atomic E-state index is -0.236. The molecule has 1 N–H and O–H groups in total. The molecule has 2 aromatic heterocycles. The molecule has 5 heteroatoms. The number of benzene rings is 2. The number of H-pyrrole nitrogens is 1. The summed E-state index contributed by atoms with van der Waals surface area (Å²) in [5, 5.41) is 3.37. The smallest absolute Gasteiger partial charge is 0.270 e. The van der Waals surface area contributed by atoms with Gasteiger partial charge < -0.3 is 9.88 Å². The van der Waals surface area contributed by atoms with E-state index in [1.807, 2.05) is 53.9 Å². The molecule has 0 aliphatic rings. The Bertz CT molecular complexity index is 1130. The summed E-state index contributed by atoms with van der Waals surface area (Å²) in [6.07, 6.45) is 0.760. The summed E-state index contributed by atoms with van der Waals surface area (Å²) in [4.78, 5) is 31.3. The fourth-order valence-electron chi connectivity index (χ4n) is 3.25. The number of rotatable bonds is 6. The normalized spacial score (nSPS) is 10.9. The molecule has 28 heavy (non-hydrogen) atoms. The number of aromatic amines is 1. The Morgan fingerprint density at radius 1 is 0.964 bits per heavy atom. The monoisotopic (exact) mass is 388 g/mol. The van der Waals surface area contributed by atoms with Crippen molar-refractivity contribution >= 4 is 28.0 Å². The van der Waals surface area contributed by atoms with Gasteiger partial charge in [0.05, 0.1) is 6.54 Å². The van der Waals surface area contributed by atoms with Crippen molar-refractivity contribution in [2.24, 2.45) is 0 Å². The number of thiophene rings is 1. The van der Waals surface area contributed by atoms with Crippen LogP contribution in [-0.2, 0) is 13.0 Å². The highest BCUT2D eigenvalue weighted by Crippen LogP contribution is 2.16. The van der Waals surface area contributed by atoms with Crippen LogP contribution in [0, 0.1) is 0 Å². The van der Waals surface area contributed by atoms with E-state index in [0.717, 1.165) is 16.7 Å². The summed E-state index contributed by atoms with van der Waals surface area (Å²) in [5.41, 5.74) is 1.27. The molecule has 4 aromatic rings. The summed E-state index contributed by atoms with van der Waals surface area (Å²) in [7, 11) is 0. The Kier molecular flexibility index (Phi) is 5.35. The van der Waals surface area contributed by atoms with Crippen LogP contribution >= 0.6 is 11.3 Å². The van der Waals surface area contributed by atoms with Gasteiger partial charge in [0.1, 0.15) is 5.69 Å². The van der Waals surface area contributed by atoms with E-state index in [1.165, 1.54) is 5.56 Å². The van der Waals surface area contributed by atoms with E-state index in [-0.39, 0.29) is 11.5 Å². The molecule has 0 aliphatic heterocycles. The molecule has 1 amide bonds. The van der Waals surface area contributed by atoms with Crippen LogP contribution in [0.2, 0.25) is 0 Å². The molecule has 2 heterocycles. The molecular weight excluding hydrogens is 368 g/mol. The number of hydrogen-bond donors (Lipinski definition) is 1. The number of hydrogen-bond acceptors (Lipinski definition) is 3. The first-order chi connectivity index (χ1) is 13.7. The van der Waals surface area contributed by atoms with Crippen LogP contribution in [0.4, 0.5) is 0 Å². The first-order valence-corrected chi connectivity index (χ1v) is 10.1. The van der Waals surface area contributed by atoms with Crippen LogP contribution in [0.15, 0.2) is 83.0 Å². The highest BCUT2D eigenvalue weighted by molar-refractivity contribution is 7.09. The third-order valence-electron chi connectivity index (χ3n) is 4.71. The third kappa shape index (κ3) is 4.05. The van der Waals surface area contributed by atoms with Gasteiger partial charge in [-0.2, -0.15) is 0 Å². The average molecular weight is 388 g/mol. The van der Waals surface area contributed by atoms with Crippen LogP contribution in [-0.4, -0.2) is 22.3 Å². The van der Waals surface area contributed by atoms with Gasteiger partial charge in [0.25, 0.3) is 11.5 Å². The lowest BCUT2D eigenvalue weighted by atomic mass is 10.1. The molecule has 2 aromatic carbocycles. The van der Waals surface area contributed by atoms with Gasteiger partial charge in [-0.1, -0.05) is 54.6 Å². The molecule has 0 fully saturated rings. The van der Waals surface area contributed by atoms with Gasteiger partial charge in [-0.15, -0.1) is 11.3 Å². The van der Waals surface area contributed by atoms with Crippen LogP contribution in [0.5, 0.6) is 0 Å². The maximum Gasteiger partial charge on any atom is 0.270 e. The van der Waals surface area contributed by atoms with E-state index in [9.17, 15) is 9.59 Å². The number of nitrogens with zero attached hydrogens (tertiary/aromatic N) is 1. The number of carbonyl (C=O) groups is 1. The van der Waals surface area contributed by atoms with Gasteiger partial charge in [0.2, 0.25) is 0 Å². The Labute approximate surface area is 167 Å². The molecule has 0 radical (unpaired) electrons. The van der Waals surface area contributed by atoms with E-state index < -0.39 is 0 Å². The number of nitrogens with one attached hydrogen (secondary N) is 1. The summed E-state index contributed by atoms with van der Waals surface area (Å²) in [6.45, 7) is 1.10. The van der Waals surface area contributed by atoms with Crippen LogP contribution < -0.4 is 5.56 Å². The van der Waals surface area contributed by atoms with Crippen molar-refractivity contribution in [1.82, 2.24) is 9.88 Å². The first kappa shape index (κ1) is 18.2. The maximum absolute atomic E-state index is 13.2. The first-order valence-electron chi connectivity index (χ1n) is 9.18. The summed E-state index contributed by atoms with van der Waals surface area (Å²) in [5.74, 6) is -0.160. The number of pyridine rings is 1. The topological polar surface area (TPSA) is 53.2 Å². The van der Waals surface area contributed by atoms with Crippen LogP contribution in [0.1, 0.15) is 20.9 Å². The second-order valence-corrected chi connectivity index (χ2v) is 7.67. The van der Waals surface area contributed by atoms with E-state index in [1.54, 1.807) is 28.4 Å². The zero-order chi connectivity index (χ0) is 19.3. The molecule has 0 atom stereocenters. The zero-order valence-corrected chi connectivity index (χ0v) is 16.1. The predicted molar refractivity (Wildman–Crippen MR) is 114 cm³/mol. The fraction of sp³-hybridized carbons (Fsp3) is 0.130. The third-order valence-corrected chi connectivity index (χ3v) is 5.57. The van der Waals surface area contributed by atoms with Crippen molar-refractivity contribution < 1.29 is 4.79 Å². The van der Waals surface area contributed by atoms with E-state index in [4.69, 9.17) is 0 Å². The van der Waals surface area contributed by atoms with Gasteiger partial charge >= 0.3 is 0 Å². The van der Waals surface area contributed by atoms with Crippen molar-refractivity contribution in [3.05, 3.63) is 105 Å². The minimum absolute atomic E-state index is 0.160. The quantitative estimate of drug-likeness (QED) is 0.530. The predicted octanol–water partition coefficient (Wildman–Crippen LogP) is 4.47. The second kappa shape index (κ2) is 8.23. The molecule has 140 valence electrons. The van der Waals surface area contributed by atoms with Crippen LogP contribution in [0.25, 0.3) is 10.8 Å². The molecule has 0 bridgehead atoms. The number of amides is 1. The number of aromatic nitrogens is 1. The van der Waals surface area contributed by atoms with Gasteiger partial charge in [-0.3, -0.25) is 9.59 Å². The molecule has 0 aliphatic carbocycles. The Morgan fingerprint density at radius 2 is 1.75 bits per heavy atom. The van der Waals surface area contributed by atoms with E-state index in [2.05, 4.69) is 17.1 Å². The standard InChI is InChI=1S/C23H20N2O2S/c26-22-20-11-5-4-9-18(20)15-21(24-22)23(27)25(16-19-10-6-14-28-19)13-12-17-7-2-1-3-8-17/h1-11,14-15H,12-13,16H2,(H,24,26). The highest BCUT2D eigenvalue weighted by Gasteiger charge is 2.18. The van der Waals surface area contributed by atoms with Crippen molar-refractivity contribution in [2.75, 3.05) is 6.54 Å². The van der Waals surface area contributed by atoms with E-state index >= 15 is 0 Å². The van der Waals surface area contributed by atoms with E-state index in [0.29, 0.717) is 24.2 Å². The lowest BCUT2D eigenvalue weighted by Gasteiger charge is -2.22. The summed E-state index contributed by atoms with van der Waals surface area (Å²) < 4.78 is 0. The minimum Gasteiger partial charge on any atom is -0.332 e. The molecule has 0 spiro atoms. The number of fused-ring (bicyclic) bond motifs is 1. The fourth-order valence-corrected chi connectivity index (χ4v) is 3.97. The second-order valence-electron chi connectivity index (χ2n) is 6.64. The van der Waals surface area contributed by atoms with Gasteiger partial charge in [-0.25, -0.2) is 0 Å². The van der Waals surface area contributed by atoms with Crippen LogP contribution in [0.3, 0.4) is 0 Å². The lowest BCUT2D eigenvalue weighted by Crippen LogP contribution is -2.33. The SMILES string of the molecule is O=C(c1cc2ccccc2c(=O)[nH]1)N(CCc1ccccc1)Cc1cccs1. The van der Waals surface area contributed by atoms with Crippen molar-refractivity contribution in [1.29, 1.82) is 0 Å². The molecule has 0 saturated heterocycles. The molecule has 0 saturated carbocycles. The maximum atomic E-state index is 13.2. The molecule has 4 nitrogen and oxygen atoms in total. The van der Waals surface area contributed by atoms with Crippen molar-refractivity contribution in [3.8, 4) is 0 Å². The van der Waals surface area contributed by atoms with Gasteiger partial charge in [0.15, 0.2) is 0 Å². The Hall–Kier alpha value is -3.18. The molecule has 4 rings (SSSR count). The highest BCUT2D eigenvalue weighted by atomic mass is 32.1. The molecular formula is C23H20N2O2S. The Morgan fingerprint density at radius 3 is 2.54 bits per heavy atom. The Balaban J connectivity index is 1.63. The zero-order valence-electron chi connectivity index (χ0n) is 15.3. The summed E-state index contributed by atoms with van der Waals surface area (Å²) in [6, 6.07) is 23.2. The number of carbonyl (C=O) groups excluding carboxylic acids is 1. The molecule has 0 unspecified atom stereocenters. The average Bonchev–Trinajstić information content (AvgIpc) is 3.24. The van der Waals surface area contributed by atoms with Crippen molar-refractivity contribution in [3.63, 3.8) is 0 Å². The largest absolute Gasteiger partial charge is 0.332 e. The summed E-state index contributed by atoms with van der Waals surface area (Å²) >= 11 is 1.63. The van der Waals surface area contributed by atoms with Crippen molar-refractivity contribution in [2.45, 2.75) is 13.0 Å². The lowest BCUT2D eigenvalue weighted by molar-refractivity contribution is 0.0740. The van der Waals surface area contributed by atoms with Gasteiger partial charge in [-0.05, 0) is 40.9 Å². The van der Waals surface area contributed by atoms with Gasteiger partial charge in [0, 0.05) is 16.8 Å².